The maximum absolute atomic E-state index is 12.7. The van der Waals surface area contributed by atoms with E-state index in [0.717, 1.165) is 50.2 Å². The van der Waals surface area contributed by atoms with Crippen molar-refractivity contribution in [2.24, 2.45) is 0 Å². The number of nitrogens with one attached hydrogen (secondary N) is 1. The molecule has 0 aromatic heterocycles. The van der Waals surface area contributed by atoms with Crippen LogP contribution in [0.25, 0.3) is 0 Å². The third-order valence-electron chi connectivity index (χ3n) is 6.09. The predicted molar refractivity (Wildman–Crippen MR) is 129 cm³/mol. The summed E-state index contributed by atoms with van der Waals surface area (Å²) in [5.74, 6) is 0.787. The first kappa shape index (κ1) is 25.5. The fourth-order valence-corrected chi connectivity index (χ4v) is 4.29. The highest BCUT2D eigenvalue weighted by atomic mass is 16.6. The topological polar surface area (TPSA) is 50.8 Å². The Kier molecular flexibility index (Phi) is 12.4. The molecule has 5 heteroatoms. The molecule has 2 unspecified atom stereocenters. The fourth-order valence-electron chi connectivity index (χ4n) is 4.29. The lowest BCUT2D eigenvalue weighted by atomic mass is 9.90. The number of rotatable bonds is 14. The molecule has 1 aliphatic rings. The van der Waals surface area contributed by atoms with Crippen molar-refractivity contribution in [2.75, 3.05) is 25.0 Å². The molecule has 2 rings (SSSR count). The van der Waals surface area contributed by atoms with Crippen LogP contribution < -0.4 is 10.1 Å². The van der Waals surface area contributed by atoms with Crippen LogP contribution >= 0.6 is 0 Å². The lowest BCUT2D eigenvalue weighted by Crippen LogP contribution is -2.48. The van der Waals surface area contributed by atoms with Gasteiger partial charge in [-0.05, 0) is 63.7 Å². The fraction of sp³-hybridized carbons (Fsp3) is 0.731. The highest BCUT2D eigenvalue weighted by molar-refractivity contribution is 5.85. The molecule has 1 aliphatic carbocycles. The number of carbonyl (C=O) groups excluding carboxylic acids is 1. The Morgan fingerprint density at radius 3 is 2.42 bits per heavy atom. The second-order valence-electron chi connectivity index (χ2n) is 8.75. The third-order valence-corrected chi connectivity index (χ3v) is 6.09. The largest absolute Gasteiger partial charge is 0.494 e. The number of amides is 1. The molecule has 176 valence electrons. The number of unbranched alkanes of at least 4 members (excludes halogenated alkanes) is 4. The molecule has 0 spiro atoms. The minimum Gasteiger partial charge on any atom is -0.494 e. The second-order valence-corrected chi connectivity index (χ2v) is 8.75. The Hall–Kier alpha value is -1.75. The molecule has 1 fully saturated rings. The Labute approximate surface area is 189 Å². The number of nitrogens with zero attached hydrogens (tertiary/aromatic N) is 1. The summed E-state index contributed by atoms with van der Waals surface area (Å²) in [5.41, 5.74) is 0.721. The summed E-state index contributed by atoms with van der Waals surface area (Å²) >= 11 is 0. The number of anilines is 1. The molecule has 1 amide bonds. The third kappa shape index (κ3) is 9.51. The van der Waals surface area contributed by atoms with Crippen molar-refractivity contribution in [1.82, 2.24) is 4.90 Å². The molecule has 5 nitrogen and oxygen atoms in total. The van der Waals surface area contributed by atoms with Gasteiger partial charge in [-0.1, -0.05) is 58.9 Å². The number of hydrogen-bond donors (Lipinski definition) is 1. The van der Waals surface area contributed by atoms with Gasteiger partial charge in [0.1, 0.15) is 11.9 Å². The zero-order valence-electron chi connectivity index (χ0n) is 20.0. The number of hydrogen-bond acceptors (Lipinski definition) is 4. The minimum absolute atomic E-state index is 0.0315. The van der Waals surface area contributed by atoms with Gasteiger partial charge in [-0.15, -0.1) is 0 Å². The lowest BCUT2D eigenvalue weighted by Gasteiger charge is -2.39. The Morgan fingerprint density at radius 1 is 1.00 bits per heavy atom. The van der Waals surface area contributed by atoms with Crippen molar-refractivity contribution in [3.05, 3.63) is 24.3 Å². The molecule has 1 aromatic rings. The molecule has 1 aromatic carbocycles. The SMILES string of the molecule is CCCCCOc1cccc(NC(=O)OC2CCCCC2N(CCCC)CCCC)c1. The highest BCUT2D eigenvalue weighted by Crippen LogP contribution is 2.27. The van der Waals surface area contributed by atoms with Crippen molar-refractivity contribution in [2.45, 2.75) is 104 Å². The van der Waals surface area contributed by atoms with Gasteiger partial charge in [-0.25, -0.2) is 4.79 Å². The van der Waals surface area contributed by atoms with Crippen LogP contribution in [0.15, 0.2) is 24.3 Å². The molecular weight excluding hydrogens is 388 g/mol. The van der Waals surface area contributed by atoms with Crippen LogP contribution in [0, 0.1) is 0 Å². The monoisotopic (exact) mass is 432 g/mol. The molecule has 31 heavy (non-hydrogen) atoms. The summed E-state index contributed by atoms with van der Waals surface area (Å²) in [6, 6.07) is 7.93. The number of benzene rings is 1. The standard InChI is InChI=1S/C26H44N2O3/c1-4-7-12-20-30-23-15-13-14-22(21-23)27-26(29)31-25-17-11-10-16-24(25)28(18-8-5-2)19-9-6-3/h13-15,21,24-25H,4-12,16-20H2,1-3H3,(H,27,29). The summed E-state index contributed by atoms with van der Waals surface area (Å²) < 4.78 is 11.8. The summed E-state index contributed by atoms with van der Waals surface area (Å²) in [6.45, 7) is 9.56. The van der Waals surface area contributed by atoms with Crippen molar-refractivity contribution < 1.29 is 14.3 Å². The van der Waals surface area contributed by atoms with E-state index in [4.69, 9.17) is 9.47 Å². The van der Waals surface area contributed by atoms with Crippen LogP contribution in [0.4, 0.5) is 10.5 Å². The van der Waals surface area contributed by atoms with Crippen LogP contribution in [0.3, 0.4) is 0 Å². The van der Waals surface area contributed by atoms with Gasteiger partial charge in [0, 0.05) is 17.8 Å². The van der Waals surface area contributed by atoms with Crippen LogP contribution in [0.5, 0.6) is 5.75 Å². The Morgan fingerprint density at radius 2 is 1.71 bits per heavy atom. The molecule has 0 heterocycles. The molecule has 0 saturated heterocycles. The molecule has 1 N–H and O–H groups in total. The van der Waals surface area contributed by atoms with E-state index >= 15 is 0 Å². The van der Waals surface area contributed by atoms with E-state index in [1.807, 2.05) is 24.3 Å². The van der Waals surface area contributed by atoms with Gasteiger partial charge in [-0.3, -0.25) is 10.2 Å². The van der Waals surface area contributed by atoms with Gasteiger partial charge in [0.15, 0.2) is 0 Å². The van der Waals surface area contributed by atoms with Crippen LogP contribution in [0.2, 0.25) is 0 Å². The maximum Gasteiger partial charge on any atom is 0.411 e. The summed E-state index contributed by atoms with van der Waals surface area (Å²) in [5, 5.41) is 2.92. The Bertz CT molecular complexity index is 614. The predicted octanol–water partition coefficient (Wildman–Crippen LogP) is 7.02. The first-order valence-corrected chi connectivity index (χ1v) is 12.6. The van der Waals surface area contributed by atoms with Crippen LogP contribution in [-0.4, -0.2) is 42.8 Å². The quantitative estimate of drug-likeness (QED) is 0.321. The molecule has 2 atom stereocenters. The van der Waals surface area contributed by atoms with Gasteiger partial charge < -0.3 is 9.47 Å². The van der Waals surface area contributed by atoms with E-state index < -0.39 is 0 Å². The molecule has 0 aliphatic heterocycles. The van der Waals surface area contributed by atoms with Crippen molar-refractivity contribution in [1.29, 1.82) is 0 Å². The van der Waals surface area contributed by atoms with Crippen molar-refractivity contribution in [3.63, 3.8) is 0 Å². The zero-order chi connectivity index (χ0) is 22.3. The van der Waals surface area contributed by atoms with Crippen LogP contribution in [-0.2, 0) is 4.74 Å². The zero-order valence-corrected chi connectivity index (χ0v) is 20.0. The summed E-state index contributed by atoms with van der Waals surface area (Å²) in [6.07, 6.45) is 12.2. The first-order chi connectivity index (χ1) is 15.2. The molecule has 0 radical (unpaired) electrons. The molecular formula is C26H44N2O3. The van der Waals surface area contributed by atoms with Gasteiger partial charge in [0.05, 0.1) is 6.61 Å². The summed E-state index contributed by atoms with van der Waals surface area (Å²) in [4.78, 5) is 15.3. The lowest BCUT2D eigenvalue weighted by molar-refractivity contribution is 0.00748. The average molecular weight is 433 g/mol. The van der Waals surface area contributed by atoms with E-state index in [1.165, 1.54) is 44.9 Å². The van der Waals surface area contributed by atoms with E-state index in [0.29, 0.717) is 12.6 Å². The second kappa shape index (κ2) is 15.1. The van der Waals surface area contributed by atoms with Gasteiger partial charge in [-0.2, -0.15) is 0 Å². The van der Waals surface area contributed by atoms with E-state index in [1.54, 1.807) is 0 Å². The maximum atomic E-state index is 12.7. The first-order valence-electron chi connectivity index (χ1n) is 12.6. The number of carbonyl (C=O) groups is 1. The van der Waals surface area contributed by atoms with Crippen molar-refractivity contribution in [3.8, 4) is 5.75 Å². The van der Waals surface area contributed by atoms with E-state index in [2.05, 4.69) is 31.0 Å². The van der Waals surface area contributed by atoms with Gasteiger partial charge in [0.25, 0.3) is 0 Å². The van der Waals surface area contributed by atoms with E-state index in [9.17, 15) is 4.79 Å². The summed E-state index contributed by atoms with van der Waals surface area (Å²) in [7, 11) is 0. The highest BCUT2D eigenvalue weighted by Gasteiger charge is 2.32. The van der Waals surface area contributed by atoms with Gasteiger partial charge in [0.2, 0.25) is 0 Å². The molecule has 0 bridgehead atoms. The normalized spacial score (nSPS) is 18.7. The van der Waals surface area contributed by atoms with Crippen LogP contribution in [0.1, 0.15) is 91.4 Å². The molecule has 1 saturated carbocycles. The van der Waals surface area contributed by atoms with Crippen molar-refractivity contribution >= 4 is 11.8 Å². The average Bonchev–Trinajstić information content (AvgIpc) is 2.78. The Balaban J connectivity index is 1.92. The minimum atomic E-state index is -0.356. The number of ether oxygens (including phenoxy) is 2. The van der Waals surface area contributed by atoms with E-state index in [-0.39, 0.29) is 12.2 Å². The smallest absolute Gasteiger partial charge is 0.411 e. The van der Waals surface area contributed by atoms with Gasteiger partial charge >= 0.3 is 6.09 Å².